The average molecular weight is 442 g/mol. The van der Waals surface area contributed by atoms with Crippen molar-refractivity contribution in [3.8, 4) is 6.07 Å². The van der Waals surface area contributed by atoms with Crippen molar-refractivity contribution < 1.29 is 19.1 Å². The van der Waals surface area contributed by atoms with Crippen LogP contribution in [-0.2, 0) is 19.1 Å². The molecular weight excluding hydrogens is 402 g/mol. The quantitative estimate of drug-likeness (QED) is 0.420. The van der Waals surface area contributed by atoms with Gasteiger partial charge in [-0.15, -0.1) is 0 Å². The highest BCUT2D eigenvalue weighted by atomic mass is 16.5. The van der Waals surface area contributed by atoms with Crippen molar-refractivity contribution in [2.45, 2.75) is 91.6 Å². The van der Waals surface area contributed by atoms with E-state index in [9.17, 15) is 14.9 Å². The molecule has 176 valence electrons. The molecular formula is C27H39NO4. The largest absolute Gasteiger partial charge is 0.463 e. The van der Waals surface area contributed by atoms with Gasteiger partial charge in [0.2, 0.25) is 0 Å². The molecule has 0 unspecified atom stereocenters. The van der Waals surface area contributed by atoms with Crippen LogP contribution in [0.25, 0.3) is 0 Å². The molecule has 0 heterocycles. The third-order valence-corrected chi connectivity index (χ3v) is 10.1. The van der Waals surface area contributed by atoms with Crippen molar-refractivity contribution in [3.05, 3.63) is 11.6 Å². The van der Waals surface area contributed by atoms with Crippen molar-refractivity contribution in [1.29, 1.82) is 5.26 Å². The Morgan fingerprint density at radius 3 is 2.38 bits per heavy atom. The van der Waals surface area contributed by atoms with Crippen LogP contribution in [0.1, 0.15) is 85.5 Å². The number of hydrogen-bond donors (Lipinski definition) is 0. The Kier molecular flexibility index (Phi) is 6.45. The number of allylic oxidation sites excluding steroid dienone is 1. The summed E-state index contributed by atoms with van der Waals surface area (Å²) >= 11 is 0. The van der Waals surface area contributed by atoms with Gasteiger partial charge in [0.15, 0.2) is 0 Å². The second-order valence-corrected chi connectivity index (χ2v) is 11.5. The molecule has 4 aliphatic rings. The minimum absolute atomic E-state index is 0.104. The van der Waals surface area contributed by atoms with E-state index in [-0.39, 0.29) is 30.1 Å². The molecule has 8 atom stereocenters. The van der Waals surface area contributed by atoms with Crippen LogP contribution < -0.4 is 0 Å². The van der Waals surface area contributed by atoms with E-state index in [0.29, 0.717) is 23.2 Å². The molecule has 32 heavy (non-hydrogen) atoms. The molecule has 0 radical (unpaired) electrons. The first kappa shape index (κ1) is 23.3. The highest BCUT2D eigenvalue weighted by Crippen LogP contribution is 2.68. The Morgan fingerprint density at radius 1 is 0.969 bits per heavy atom. The summed E-state index contributed by atoms with van der Waals surface area (Å²) in [7, 11) is 0. The van der Waals surface area contributed by atoms with Crippen LogP contribution in [0, 0.1) is 51.8 Å². The lowest BCUT2D eigenvalue weighted by atomic mass is 9.44. The summed E-state index contributed by atoms with van der Waals surface area (Å²) in [5.74, 6) is 2.71. The number of hydrogen-bond acceptors (Lipinski definition) is 5. The third kappa shape index (κ3) is 3.99. The average Bonchev–Trinajstić information content (AvgIpc) is 3.08. The zero-order chi connectivity index (χ0) is 23.1. The molecule has 0 aromatic heterocycles. The molecule has 4 fully saturated rings. The van der Waals surface area contributed by atoms with Gasteiger partial charge in [0.1, 0.15) is 12.7 Å². The van der Waals surface area contributed by atoms with Crippen LogP contribution >= 0.6 is 0 Å². The second-order valence-electron chi connectivity index (χ2n) is 11.5. The van der Waals surface area contributed by atoms with Crippen LogP contribution in [0.4, 0.5) is 0 Å². The van der Waals surface area contributed by atoms with Gasteiger partial charge in [0.25, 0.3) is 0 Å². The van der Waals surface area contributed by atoms with Crippen molar-refractivity contribution in [2.24, 2.45) is 40.4 Å². The molecule has 0 aromatic rings. The zero-order valence-electron chi connectivity index (χ0n) is 20.2. The molecule has 0 amide bonds. The molecule has 0 aliphatic heterocycles. The number of esters is 2. The summed E-state index contributed by atoms with van der Waals surface area (Å²) in [5, 5.41) is 9.37. The number of fused-ring (bicyclic) bond motifs is 5. The number of carbonyl (C=O) groups is 2. The minimum atomic E-state index is -0.284. The summed E-state index contributed by atoms with van der Waals surface area (Å²) in [6.07, 6.45) is 12.2. The van der Waals surface area contributed by atoms with Gasteiger partial charge < -0.3 is 9.47 Å². The van der Waals surface area contributed by atoms with Crippen LogP contribution in [0.5, 0.6) is 0 Å². The Hall–Kier alpha value is -1.83. The standard InChI is InChI=1S/C27H39NO4/c1-17(29)31-16-19(11-14-28)23-7-8-24-22-6-5-20-15-21(32-18(2)30)9-12-26(20,3)25(22)10-13-27(23,24)4/h11,20-25H,5-10,12-13,15-16H2,1-4H3/b19-11+/t20-,21+,22+,23-,24+,25+,26+,27-/m1/s1. The van der Waals surface area contributed by atoms with E-state index in [1.165, 1.54) is 46.0 Å². The predicted molar refractivity (Wildman–Crippen MR) is 121 cm³/mol. The van der Waals surface area contributed by atoms with Crippen molar-refractivity contribution in [2.75, 3.05) is 6.61 Å². The SMILES string of the molecule is CC(=O)OC/C(=C\C#N)[C@H]1CC[C@H]2[C@@H]3CC[C@@H]4C[C@@H](OC(C)=O)CC[C@]4(C)[C@H]3CC[C@]12C. The maximum absolute atomic E-state index is 11.5. The van der Waals surface area contributed by atoms with Crippen molar-refractivity contribution >= 4 is 11.9 Å². The topological polar surface area (TPSA) is 76.4 Å². The van der Waals surface area contributed by atoms with Gasteiger partial charge >= 0.3 is 11.9 Å². The Bertz CT molecular complexity index is 828. The fraction of sp³-hybridized carbons (Fsp3) is 0.815. The normalized spacial score (nSPS) is 43.3. The fourth-order valence-corrected chi connectivity index (χ4v) is 8.68. The van der Waals surface area contributed by atoms with Crippen LogP contribution in [0.3, 0.4) is 0 Å². The highest BCUT2D eigenvalue weighted by molar-refractivity contribution is 5.66. The number of rotatable bonds is 4. The van der Waals surface area contributed by atoms with Crippen LogP contribution in [0.15, 0.2) is 11.6 Å². The van der Waals surface area contributed by atoms with Gasteiger partial charge in [-0.05, 0) is 104 Å². The molecule has 4 saturated carbocycles. The van der Waals surface area contributed by atoms with Crippen molar-refractivity contribution in [1.82, 2.24) is 0 Å². The highest BCUT2D eigenvalue weighted by Gasteiger charge is 2.60. The van der Waals surface area contributed by atoms with E-state index >= 15 is 0 Å². The minimum Gasteiger partial charge on any atom is -0.463 e. The zero-order valence-corrected chi connectivity index (χ0v) is 20.2. The van der Waals surface area contributed by atoms with Gasteiger partial charge in [0.05, 0.1) is 6.07 Å². The molecule has 0 N–H and O–H groups in total. The van der Waals surface area contributed by atoms with E-state index < -0.39 is 0 Å². The summed E-state index contributed by atoms with van der Waals surface area (Å²) in [6, 6.07) is 2.21. The Morgan fingerprint density at radius 2 is 1.69 bits per heavy atom. The monoisotopic (exact) mass is 441 g/mol. The van der Waals surface area contributed by atoms with E-state index in [4.69, 9.17) is 9.47 Å². The van der Waals surface area contributed by atoms with E-state index in [1.54, 1.807) is 6.08 Å². The maximum Gasteiger partial charge on any atom is 0.302 e. The first-order valence-corrected chi connectivity index (χ1v) is 12.6. The van der Waals surface area contributed by atoms with Gasteiger partial charge in [-0.2, -0.15) is 5.26 Å². The first-order chi connectivity index (χ1) is 15.2. The number of nitriles is 1. The Labute approximate surface area is 192 Å². The second kappa shape index (κ2) is 8.84. The molecule has 4 rings (SSSR count). The third-order valence-electron chi connectivity index (χ3n) is 10.1. The van der Waals surface area contributed by atoms with E-state index in [2.05, 4.69) is 19.9 Å². The van der Waals surface area contributed by atoms with Gasteiger partial charge in [-0.1, -0.05) is 13.8 Å². The van der Waals surface area contributed by atoms with Crippen LogP contribution in [0.2, 0.25) is 0 Å². The lowest BCUT2D eigenvalue weighted by Gasteiger charge is -2.61. The predicted octanol–water partition coefficient (Wildman–Crippen LogP) is 5.59. The molecule has 0 aromatic carbocycles. The molecule has 5 nitrogen and oxygen atoms in total. The summed E-state index contributed by atoms with van der Waals surface area (Å²) < 4.78 is 10.9. The summed E-state index contributed by atoms with van der Waals surface area (Å²) in [6.45, 7) is 8.18. The lowest BCUT2D eigenvalue weighted by molar-refractivity contribution is -0.159. The Balaban J connectivity index is 1.52. The summed E-state index contributed by atoms with van der Waals surface area (Å²) in [4.78, 5) is 22.9. The maximum atomic E-state index is 11.5. The molecule has 4 aliphatic carbocycles. The fourth-order valence-electron chi connectivity index (χ4n) is 8.68. The van der Waals surface area contributed by atoms with Gasteiger partial charge in [-0.3, -0.25) is 9.59 Å². The molecule has 0 spiro atoms. The summed E-state index contributed by atoms with van der Waals surface area (Å²) in [5.41, 5.74) is 1.54. The van der Waals surface area contributed by atoms with Gasteiger partial charge in [0, 0.05) is 19.9 Å². The lowest BCUT2D eigenvalue weighted by Crippen LogP contribution is -2.54. The van der Waals surface area contributed by atoms with E-state index in [1.807, 2.05) is 0 Å². The van der Waals surface area contributed by atoms with Crippen LogP contribution in [-0.4, -0.2) is 24.6 Å². The molecule has 0 bridgehead atoms. The molecule has 5 heteroatoms. The number of nitrogens with zero attached hydrogens (tertiary/aromatic N) is 1. The van der Waals surface area contributed by atoms with Crippen molar-refractivity contribution in [3.63, 3.8) is 0 Å². The number of carbonyl (C=O) groups excluding carboxylic acids is 2. The first-order valence-electron chi connectivity index (χ1n) is 12.6. The van der Waals surface area contributed by atoms with E-state index in [0.717, 1.165) is 43.1 Å². The van der Waals surface area contributed by atoms with Gasteiger partial charge in [-0.25, -0.2) is 0 Å². The molecule has 0 saturated heterocycles. The number of ether oxygens (including phenoxy) is 2. The smallest absolute Gasteiger partial charge is 0.302 e.